The van der Waals surface area contributed by atoms with Gasteiger partial charge >= 0.3 is 5.97 Å². The molecule has 2 aliphatic heterocycles. The number of carbonyl (C=O) groups excluding carboxylic acids is 1. The smallest absolute Gasteiger partial charge is 0.317 e. The lowest BCUT2D eigenvalue weighted by Crippen LogP contribution is -2.49. The summed E-state index contributed by atoms with van der Waals surface area (Å²) in [6, 6.07) is 11.4. The highest BCUT2D eigenvalue weighted by Gasteiger charge is 2.46. The Bertz CT molecular complexity index is 1430. The molecule has 230 valence electrons. The molecule has 43 heavy (non-hydrogen) atoms. The number of aliphatic hydroxyl groups is 2. The summed E-state index contributed by atoms with van der Waals surface area (Å²) in [5, 5.41) is 32.9. The molecule has 2 heterocycles. The van der Waals surface area contributed by atoms with E-state index in [0.29, 0.717) is 44.0 Å². The van der Waals surface area contributed by atoms with Crippen LogP contribution in [0, 0.1) is 11.8 Å². The number of carbonyl (C=O) groups is 2. The Balaban J connectivity index is 1.47. The summed E-state index contributed by atoms with van der Waals surface area (Å²) in [5.41, 5.74) is 1.51. The maximum atomic E-state index is 13.3. The van der Waals surface area contributed by atoms with Gasteiger partial charge in [-0.3, -0.25) is 9.59 Å². The average Bonchev–Trinajstić information content (AvgIpc) is 3.12. The lowest BCUT2D eigenvalue weighted by Gasteiger charge is -2.45. The number of carboxylic acids is 1. The van der Waals surface area contributed by atoms with Crippen LogP contribution in [0.5, 0.6) is 5.75 Å². The number of rotatable bonds is 2. The molecule has 0 saturated heterocycles. The van der Waals surface area contributed by atoms with E-state index in [9.17, 15) is 24.9 Å². The third-order valence-corrected chi connectivity index (χ3v) is 10.7. The number of fused-ring (bicyclic) bond motifs is 4. The molecule has 1 unspecified atom stereocenters. The molecule has 1 amide bonds. The first-order chi connectivity index (χ1) is 20.7. The quantitative estimate of drug-likeness (QED) is 0.436. The molecule has 2 aromatic carbocycles. The second-order valence-electron chi connectivity index (χ2n) is 13.0. The van der Waals surface area contributed by atoms with Crippen LogP contribution in [0.3, 0.4) is 0 Å². The van der Waals surface area contributed by atoms with E-state index in [4.69, 9.17) is 16.3 Å². The van der Waals surface area contributed by atoms with Crippen LogP contribution in [-0.2, 0) is 26.8 Å². The molecule has 4 aliphatic rings. The maximum Gasteiger partial charge on any atom is 0.317 e. The second-order valence-corrected chi connectivity index (χ2v) is 13.5. The summed E-state index contributed by atoms with van der Waals surface area (Å²) in [5.74, 6) is -0.589. The number of benzene rings is 2. The average molecular weight is 609 g/mol. The van der Waals surface area contributed by atoms with Crippen LogP contribution >= 0.6 is 11.6 Å². The number of carboxylic acid groups (broad SMARTS) is 1. The third kappa shape index (κ3) is 5.42. The van der Waals surface area contributed by atoms with Crippen LogP contribution < -0.4 is 9.64 Å². The van der Waals surface area contributed by atoms with Crippen molar-refractivity contribution in [2.45, 2.75) is 61.9 Å². The van der Waals surface area contributed by atoms with Gasteiger partial charge in [0.15, 0.2) is 0 Å². The number of hydrogen-bond acceptors (Lipinski definition) is 6. The predicted octanol–water partition coefficient (Wildman–Crippen LogP) is 4.32. The number of aliphatic hydroxyl groups excluding tert-OH is 2. The summed E-state index contributed by atoms with van der Waals surface area (Å²) >= 11 is 6.40. The number of ether oxygens (including phenoxy) is 1. The molecule has 5 atom stereocenters. The highest BCUT2D eigenvalue weighted by Crippen LogP contribution is 2.47. The zero-order chi connectivity index (χ0) is 30.4. The van der Waals surface area contributed by atoms with Crippen molar-refractivity contribution >= 4 is 29.2 Å². The van der Waals surface area contributed by atoms with Crippen LogP contribution in [0.1, 0.15) is 55.2 Å². The molecule has 9 heteroatoms. The largest absolute Gasteiger partial charge is 0.490 e. The monoisotopic (exact) mass is 608 g/mol. The molecule has 1 spiro atoms. The summed E-state index contributed by atoms with van der Waals surface area (Å²) in [6.07, 6.45) is 8.19. The van der Waals surface area contributed by atoms with E-state index in [1.165, 1.54) is 16.0 Å². The standard InChI is InChI=1S/C34H41ClN2O6/c1-36-14-3-2-6-29(39)26-10-7-23(26)18-37-19-33(13-4-5-22-15-25(35)9-11-27(22)33)21-43-30-12-8-24(16-28(30)37)34(20-38,32(41)42)17-31(36)40/h2,6,8-9,11-12,15-16,23,26,29,38-39H,3-5,7,10,13-14,17-21H2,1H3,(H,41,42)/b6-2+/t23-,26+,29?,33-,34+/m0/s1. The molecule has 3 N–H and O–H groups in total. The normalized spacial score (nSPS) is 31.7. The number of halogens is 1. The molecule has 0 aromatic heterocycles. The Morgan fingerprint density at radius 1 is 1.19 bits per heavy atom. The molecule has 8 nitrogen and oxygen atoms in total. The number of anilines is 1. The fourth-order valence-electron chi connectivity index (χ4n) is 7.65. The van der Waals surface area contributed by atoms with E-state index in [1.807, 2.05) is 24.3 Å². The van der Waals surface area contributed by atoms with Gasteiger partial charge in [0.2, 0.25) is 5.91 Å². The van der Waals surface area contributed by atoms with Gasteiger partial charge in [-0.2, -0.15) is 0 Å². The molecule has 0 radical (unpaired) electrons. The van der Waals surface area contributed by atoms with Crippen LogP contribution in [0.4, 0.5) is 5.69 Å². The van der Waals surface area contributed by atoms with Gasteiger partial charge in [0.1, 0.15) is 11.2 Å². The summed E-state index contributed by atoms with van der Waals surface area (Å²) in [4.78, 5) is 29.9. The number of amides is 1. The Hall–Kier alpha value is -3.07. The van der Waals surface area contributed by atoms with Crippen molar-refractivity contribution in [1.82, 2.24) is 4.90 Å². The van der Waals surface area contributed by atoms with Gasteiger partial charge in [0.05, 0.1) is 25.0 Å². The third-order valence-electron chi connectivity index (χ3n) is 10.5. The van der Waals surface area contributed by atoms with Gasteiger partial charge in [0.25, 0.3) is 0 Å². The minimum absolute atomic E-state index is 0.114. The predicted molar refractivity (Wildman–Crippen MR) is 165 cm³/mol. The zero-order valence-corrected chi connectivity index (χ0v) is 25.4. The maximum absolute atomic E-state index is 13.3. The van der Waals surface area contributed by atoms with Gasteiger partial charge in [0, 0.05) is 43.5 Å². The summed E-state index contributed by atoms with van der Waals surface area (Å²) in [6.45, 7) is 1.49. The van der Waals surface area contributed by atoms with Crippen LogP contribution in [0.2, 0.25) is 5.02 Å². The molecular weight excluding hydrogens is 568 g/mol. The molecule has 6 rings (SSSR count). The Morgan fingerprint density at radius 2 is 2.02 bits per heavy atom. The number of aryl methyl sites for hydroxylation is 1. The Kier molecular flexibility index (Phi) is 8.22. The van der Waals surface area contributed by atoms with Gasteiger partial charge in [-0.25, -0.2) is 0 Å². The van der Waals surface area contributed by atoms with E-state index >= 15 is 0 Å². The van der Waals surface area contributed by atoms with E-state index in [0.717, 1.165) is 42.8 Å². The second kappa shape index (κ2) is 11.8. The van der Waals surface area contributed by atoms with Crippen LogP contribution in [0.25, 0.3) is 0 Å². The van der Waals surface area contributed by atoms with Gasteiger partial charge in [-0.1, -0.05) is 35.9 Å². The van der Waals surface area contributed by atoms with E-state index in [1.54, 1.807) is 19.2 Å². The van der Waals surface area contributed by atoms with Crippen molar-refractivity contribution in [3.8, 4) is 5.75 Å². The fraction of sp³-hybridized carbons (Fsp3) is 0.529. The molecule has 2 bridgehead atoms. The van der Waals surface area contributed by atoms with Crippen molar-refractivity contribution in [1.29, 1.82) is 0 Å². The molecule has 2 aromatic rings. The number of aliphatic carboxylic acids is 1. The number of nitrogens with zero attached hydrogens (tertiary/aromatic N) is 2. The van der Waals surface area contributed by atoms with Gasteiger partial charge in [-0.05, 0) is 91.3 Å². The molecule has 2 aliphatic carbocycles. The first kappa shape index (κ1) is 30.0. The minimum atomic E-state index is -1.80. The summed E-state index contributed by atoms with van der Waals surface area (Å²) < 4.78 is 6.58. The van der Waals surface area contributed by atoms with Gasteiger partial charge in [-0.15, -0.1) is 0 Å². The van der Waals surface area contributed by atoms with E-state index in [2.05, 4.69) is 17.0 Å². The zero-order valence-electron chi connectivity index (χ0n) is 24.7. The molecule has 1 fully saturated rings. The molecular formula is C34H41ClN2O6. The minimum Gasteiger partial charge on any atom is -0.490 e. The fourth-order valence-corrected chi connectivity index (χ4v) is 7.84. The van der Waals surface area contributed by atoms with Crippen molar-refractivity contribution in [3.05, 3.63) is 70.3 Å². The SMILES string of the molecule is CN1CC/C=C/C(O)[C@@H]2CC[C@H]2CN2C[C@@]3(CCCc4cc(Cl)ccc43)COc3ccc(cc32)[C@@](CO)(C(=O)O)CC1=O. The number of hydrogen-bond donors (Lipinski definition) is 3. The van der Waals surface area contributed by atoms with Crippen LogP contribution in [0.15, 0.2) is 48.6 Å². The Labute approximate surface area is 257 Å². The van der Waals surface area contributed by atoms with Crippen LogP contribution in [-0.4, -0.2) is 78.1 Å². The topological polar surface area (TPSA) is 111 Å². The lowest BCUT2D eigenvalue weighted by molar-refractivity contribution is -0.149. The molecule has 1 saturated carbocycles. The Morgan fingerprint density at radius 3 is 2.77 bits per heavy atom. The van der Waals surface area contributed by atoms with E-state index in [-0.39, 0.29) is 29.6 Å². The van der Waals surface area contributed by atoms with Crippen molar-refractivity contribution < 1.29 is 29.6 Å². The first-order valence-corrected chi connectivity index (χ1v) is 15.8. The van der Waals surface area contributed by atoms with Crippen molar-refractivity contribution in [2.24, 2.45) is 11.8 Å². The highest BCUT2D eigenvalue weighted by molar-refractivity contribution is 6.30. The van der Waals surface area contributed by atoms with Crippen molar-refractivity contribution in [3.63, 3.8) is 0 Å². The van der Waals surface area contributed by atoms with Crippen molar-refractivity contribution in [2.75, 3.05) is 44.8 Å². The van der Waals surface area contributed by atoms with E-state index < -0.39 is 24.1 Å². The summed E-state index contributed by atoms with van der Waals surface area (Å²) in [7, 11) is 1.64. The lowest BCUT2D eigenvalue weighted by atomic mass is 9.68. The highest BCUT2D eigenvalue weighted by atomic mass is 35.5. The first-order valence-electron chi connectivity index (χ1n) is 15.4. The van der Waals surface area contributed by atoms with Gasteiger partial charge < -0.3 is 29.9 Å².